The highest BCUT2D eigenvalue weighted by molar-refractivity contribution is 4.92. The van der Waals surface area contributed by atoms with Gasteiger partial charge in [-0.05, 0) is 35.5 Å². The lowest BCUT2D eigenvalue weighted by Gasteiger charge is -2.48. The molecule has 3 atom stereocenters. The van der Waals surface area contributed by atoms with E-state index in [1.54, 1.807) is 0 Å². The van der Waals surface area contributed by atoms with E-state index < -0.39 is 0 Å². The van der Waals surface area contributed by atoms with Gasteiger partial charge in [0.25, 0.3) is 0 Å². The molecule has 0 rings (SSSR count). The van der Waals surface area contributed by atoms with Crippen LogP contribution in [0.3, 0.4) is 0 Å². The molecule has 0 aromatic heterocycles. The van der Waals surface area contributed by atoms with E-state index in [2.05, 4.69) is 55.4 Å². The molecular formula is C17H36. The van der Waals surface area contributed by atoms with E-state index in [1.807, 2.05) is 0 Å². The van der Waals surface area contributed by atoms with E-state index in [4.69, 9.17) is 0 Å². The van der Waals surface area contributed by atoms with Crippen LogP contribution < -0.4 is 0 Å². The lowest BCUT2D eigenvalue weighted by atomic mass is 9.57. The van der Waals surface area contributed by atoms with Crippen LogP contribution in [-0.2, 0) is 0 Å². The first-order valence-electron chi connectivity index (χ1n) is 7.76. The molecule has 0 bridgehead atoms. The zero-order valence-corrected chi connectivity index (χ0v) is 13.7. The maximum absolute atomic E-state index is 2.53. The molecule has 3 unspecified atom stereocenters. The molecule has 0 aliphatic heterocycles. The zero-order chi connectivity index (χ0) is 13.7. The van der Waals surface area contributed by atoms with Crippen molar-refractivity contribution in [2.75, 3.05) is 0 Å². The van der Waals surface area contributed by atoms with Crippen molar-refractivity contribution in [2.45, 2.75) is 87.5 Å². The van der Waals surface area contributed by atoms with Gasteiger partial charge in [-0.2, -0.15) is 0 Å². The van der Waals surface area contributed by atoms with E-state index >= 15 is 0 Å². The second kappa shape index (κ2) is 6.81. The Balaban J connectivity index is 4.96. The van der Waals surface area contributed by atoms with Crippen molar-refractivity contribution in [2.24, 2.45) is 22.7 Å². The summed E-state index contributed by atoms with van der Waals surface area (Å²) < 4.78 is 0. The van der Waals surface area contributed by atoms with Crippen molar-refractivity contribution in [3.8, 4) is 0 Å². The maximum atomic E-state index is 2.53. The van der Waals surface area contributed by atoms with Crippen molar-refractivity contribution in [1.82, 2.24) is 0 Å². The van der Waals surface area contributed by atoms with Crippen LogP contribution in [-0.4, -0.2) is 0 Å². The minimum Gasteiger partial charge on any atom is -0.0654 e. The Labute approximate surface area is 111 Å². The van der Waals surface area contributed by atoms with Crippen LogP contribution in [0.1, 0.15) is 87.5 Å². The summed E-state index contributed by atoms with van der Waals surface area (Å²) >= 11 is 0. The standard InChI is InChI=1S/C17H36/c1-9-12-16(7,10-2)17(8,11-3)13-15(6)14(4)5/h14-15H,9-13H2,1-8H3. The molecule has 0 N–H and O–H groups in total. The van der Waals surface area contributed by atoms with Gasteiger partial charge in [-0.15, -0.1) is 0 Å². The van der Waals surface area contributed by atoms with Gasteiger partial charge >= 0.3 is 0 Å². The monoisotopic (exact) mass is 240 g/mol. The summed E-state index contributed by atoms with van der Waals surface area (Å²) in [4.78, 5) is 0. The first-order valence-corrected chi connectivity index (χ1v) is 7.76. The SMILES string of the molecule is CCCC(C)(CC)C(C)(CC)CC(C)C(C)C. The normalized spacial score (nSPS) is 21.0. The van der Waals surface area contributed by atoms with Gasteiger partial charge in [0.05, 0.1) is 0 Å². The van der Waals surface area contributed by atoms with Crippen LogP contribution in [0.15, 0.2) is 0 Å². The first-order chi connectivity index (χ1) is 7.76. The average molecular weight is 240 g/mol. The van der Waals surface area contributed by atoms with Crippen LogP contribution >= 0.6 is 0 Å². The quantitative estimate of drug-likeness (QED) is 0.467. The molecule has 0 aliphatic carbocycles. The number of hydrogen-bond acceptors (Lipinski definition) is 0. The molecule has 0 spiro atoms. The highest BCUT2D eigenvalue weighted by Gasteiger charge is 2.41. The van der Waals surface area contributed by atoms with Gasteiger partial charge < -0.3 is 0 Å². The van der Waals surface area contributed by atoms with Crippen LogP contribution in [0.4, 0.5) is 0 Å². The second-order valence-electron chi connectivity index (χ2n) is 7.00. The van der Waals surface area contributed by atoms with Crippen molar-refractivity contribution >= 4 is 0 Å². The van der Waals surface area contributed by atoms with Crippen molar-refractivity contribution in [1.29, 1.82) is 0 Å². The zero-order valence-electron chi connectivity index (χ0n) is 13.7. The molecule has 0 aliphatic rings. The van der Waals surface area contributed by atoms with E-state index in [1.165, 1.54) is 32.1 Å². The lowest BCUT2D eigenvalue weighted by molar-refractivity contribution is 0.0191. The molecule has 0 aromatic carbocycles. The Hall–Kier alpha value is 0. The largest absolute Gasteiger partial charge is 0.0654 e. The molecule has 0 heterocycles. The number of rotatable bonds is 8. The molecule has 0 nitrogen and oxygen atoms in total. The van der Waals surface area contributed by atoms with E-state index in [0.29, 0.717) is 10.8 Å². The van der Waals surface area contributed by atoms with E-state index in [0.717, 1.165) is 11.8 Å². The Morgan fingerprint density at radius 3 is 1.59 bits per heavy atom. The Morgan fingerprint density at radius 1 is 0.824 bits per heavy atom. The van der Waals surface area contributed by atoms with E-state index in [-0.39, 0.29) is 0 Å². The minimum absolute atomic E-state index is 0.501. The molecule has 0 saturated carbocycles. The molecule has 0 amide bonds. The molecule has 0 aromatic rings. The summed E-state index contributed by atoms with van der Waals surface area (Å²) in [6.45, 7) is 19.3. The Kier molecular flexibility index (Phi) is 6.81. The highest BCUT2D eigenvalue weighted by atomic mass is 14.5. The fraction of sp³-hybridized carbons (Fsp3) is 1.00. The summed E-state index contributed by atoms with van der Waals surface area (Å²) in [5, 5.41) is 0. The van der Waals surface area contributed by atoms with Crippen LogP contribution in [0.5, 0.6) is 0 Å². The third-order valence-corrected chi connectivity index (χ3v) is 5.73. The molecular weight excluding hydrogens is 204 g/mol. The van der Waals surface area contributed by atoms with Gasteiger partial charge in [0.15, 0.2) is 0 Å². The van der Waals surface area contributed by atoms with E-state index in [9.17, 15) is 0 Å². The molecule has 0 radical (unpaired) electrons. The molecule has 0 saturated heterocycles. The van der Waals surface area contributed by atoms with Gasteiger partial charge in [-0.3, -0.25) is 0 Å². The fourth-order valence-corrected chi connectivity index (χ4v) is 3.22. The van der Waals surface area contributed by atoms with Gasteiger partial charge in [0.1, 0.15) is 0 Å². The van der Waals surface area contributed by atoms with Gasteiger partial charge in [-0.25, -0.2) is 0 Å². The lowest BCUT2D eigenvalue weighted by Crippen LogP contribution is -2.38. The van der Waals surface area contributed by atoms with Crippen LogP contribution in [0.25, 0.3) is 0 Å². The van der Waals surface area contributed by atoms with Crippen molar-refractivity contribution < 1.29 is 0 Å². The second-order valence-corrected chi connectivity index (χ2v) is 7.00. The molecule has 17 heavy (non-hydrogen) atoms. The Bertz CT molecular complexity index is 206. The maximum Gasteiger partial charge on any atom is -0.0272 e. The highest BCUT2D eigenvalue weighted by Crippen LogP contribution is 2.51. The summed E-state index contributed by atoms with van der Waals surface area (Å²) in [5.41, 5.74) is 1.01. The molecule has 0 heteroatoms. The van der Waals surface area contributed by atoms with Crippen molar-refractivity contribution in [3.05, 3.63) is 0 Å². The summed E-state index contributed by atoms with van der Waals surface area (Å²) in [6.07, 6.45) is 6.70. The smallest absolute Gasteiger partial charge is 0.0272 e. The third-order valence-electron chi connectivity index (χ3n) is 5.73. The Morgan fingerprint density at radius 2 is 1.29 bits per heavy atom. The topological polar surface area (TPSA) is 0 Å². The van der Waals surface area contributed by atoms with Gasteiger partial charge in [0.2, 0.25) is 0 Å². The predicted octanol–water partition coefficient (Wildman–Crippen LogP) is 6.30. The third kappa shape index (κ3) is 4.00. The van der Waals surface area contributed by atoms with Gasteiger partial charge in [0, 0.05) is 0 Å². The summed E-state index contributed by atoms with van der Waals surface area (Å²) in [6, 6.07) is 0. The van der Waals surface area contributed by atoms with Crippen molar-refractivity contribution in [3.63, 3.8) is 0 Å². The predicted molar refractivity (Wildman–Crippen MR) is 80.3 cm³/mol. The summed E-state index contributed by atoms with van der Waals surface area (Å²) in [5.74, 6) is 1.64. The first kappa shape index (κ1) is 17.0. The molecule has 104 valence electrons. The molecule has 0 fully saturated rings. The average Bonchev–Trinajstić information content (AvgIpc) is 2.28. The van der Waals surface area contributed by atoms with Gasteiger partial charge in [-0.1, -0.05) is 74.7 Å². The van der Waals surface area contributed by atoms with Crippen LogP contribution in [0, 0.1) is 22.7 Å². The van der Waals surface area contributed by atoms with Crippen LogP contribution in [0.2, 0.25) is 0 Å². The number of hydrogen-bond donors (Lipinski definition) is 0. The minimum atomic E-state index is 0.501. The fourth-order valence-electron chi connectivity index (χ4n) is 3.22. The summed E-state index contributed by atoms with van der Waals surface area (Å²) in [7, 11) is 0.